The van der Waals surface area contributed by atoms with Gasteiger partial charge >= 0.3 is 0 Å². The maximum atomic E-state index is 9.52. The second-order valence-electron chi connectivity index (χ2n) is 2.60. The largest absolute Gasteiger partial charge is 0.506 e. The van der Waals surface area contributed by atoms with Gasteiger partial charge in [0.05, 0.1) is 13.4 Å². The molecule has 0 aliphatic rings. The Morgan fingerprint density at radius 1 is 1.27 bits per heavy atom. The fourth-order valence-corrected chi connectivity index (χ4v) is 2.64. The van der Waals surface area contributed by atoms with Gasteiger partial charge in [-0.15, -0.1) is 5.10 Å². The molecule has 80 valence electrons. The molecule has 15 heavy (non-hydrogen) atoms. The molecule has 0 saturated heterocycles. The van der Waals surface area contributed by atoms with Crippen LogP contribution in [0.5, 0.6) is 5.75 Å². The number of halogens is 2. The second kappa shape index (κ2) is 5.49. The normalized spacial score (nSPS) is 10.5. The lowest BCUT2D eigenvalue weighted by molar-refractivity contribution is 0.467. The average Bonchev–Trinajstić information content (AvgIpc) is 2.13. The molecule has 7 heteroatoms. The van der Waals surface area contributed by atoms with E-state index >= 15 is 0 Å². The van der Waals surface area contributed by atoms with Crippen LogP contribution in [-0.2, 0) is 0 Å². The van der Waals surface area contributed by atoms with E-state index < -0.39 is 0 Å². The van der Waals surface area contributed by atoms with Crippen LogP contribution >= 0.6 is 45.2 Å². The molecule has 0 spiro atoms. The molecule has 0 radical (unpaired) electrons. The predicted molar refractivity (Wildman–Crippen MR) is 76.9 cm³/mol. The summed E-state index contributed by atoms with van der Waals surface area (Å²) in [7, 11) is 0. The highest BCUT2D eigenvalue weighted by atomic mass is 127. The van der Waals surface area contributed by atoms with E-state index in [1.165, 1.54) is 6.21 Å². The summed E-state index contributed by atoms with van der Waals surface area (Å²) in [6, 6.07) is 3.56. The fraction of sp³-hybridized carbons (Fsp3) is 0. The number of nitrogens with two attached hydrogens (primary N) is 2. The topological polar surface area (TPSA) is 97.0 Å². The molecule has 1 rings (SSSR count). The molecule has 0 aliphatic heterocycles. The Balaban J connectivity index is 2.98. The van der Waals surface area contributed by atoms with Gasteiger partial charge in [0.1, 0.15) is 5.75 Å². The van der Waals surface area contributed by atoms with Crippen molar-refractivity contribution in [2.24, 2.45) is 21.7 Å². The van der Waals surface area contributed by atoms with Gasteiger partial charge in [0.25, 0.3) is 0 Å². The van der Waals surface area contributed by atoms with Gasteiger partial charge in [0, 0.05) is 0 Å². The molecule has 0 fully saturated rings. The van der Waals surface area contributed by atoms with Crippen LogP contribution in [0, 0.1) is 7.14 Å². The van der Waals surface area contributed by atoms with Gasteiger partial charge in [-0.3, -0.25) is 0 Å². The van der Waals surface area contributed by atoms with Gasteiger partial charge in [-0.1, -0.05) is 0 Å². The highest BCUT2D eigenvalue weighted by Crippen LogP contribution is 2.26. The minimum atomic E-state index is -0.0885. The Morgan fingerprint density at radius 2 is 1.80 bits per heavy atom. The van der Waals surface area contributed by atoms with Crippen LogP contribution < -0.4 is 11.5 Å². The van der Waals surface area contributed by atoms with Crippen molar-refractivity contribution in [2.75, 3.05) is 0 Å². The minimum Gasteiger partial charge on any atom is -0.506 e. The van der Waals surface area contributed by atoms with Crippen LogP contribution in [0.3, 0.4) is 0 Å². The van der Waals surface area contributed by atoms with Crippen molar-refractivity contribution in [2.45, 2.75) is 0 Å². The zero-order valence-electron chi connectivity index (χ0n) is 7.48. The Morgan fingerprint density at radius 3 is 2.27 bits per heavy atom. The van der Waals surface area contributed by atoms with Gasteiger partial charge < -0.3 is 16.6 Å². The van der Waals surface area contributed by atoms with Crippen molar-refractivity contribution in [3.63, 3.8) is 0 Å². The summed E-state index contributed by atoms with van der Waals surface area (Å²) in [5.41, 5.74) is 11.0. The summed E-state index contributed by atoms with van der Waals surface area (Å²) in [6.07, 6.45) is 1.52. The number of nitrogens with zero attached hydrogens (tertiary/aromatic N) is 2. The standard InChI is InChI=1S/C8H8I2N4O/c9-5-1-4(2-6(10)7(5)15)3-13-14-8(11)12/h1-3,15H,(H4,11,12,14). The van der Waals surface area contributed by atoms with Crippen LogP contribution in [0.4, 0.5) is 0 Å². The predicted octanol–water partition coefficient (Wildman–Crippen LogP) is 1.21. The molecule has 0 aliphatic carbocycles. The van der Waals surface area contributed by atoms with Crippen LogP contribution in [0.15, 0.2) is 22.3 Å². The third-order valence-corrected chi connectivity index (χ3v) is 3.06. The maximum Gasteiger partial charge on any atom is 0.211 e. The minimum absolute atomic E-state index is 0.0885. The Labute approximate surface area is 114 Å². The van der Waals surface area contributed by atoms with Gasteiger partial charge in [-0.05, 0) is 62.9 Å². The summed E-state index contributed by atoms with van der Waals surface area (Å²) in [5, 5.41) is 16.7. The van der Waals surface area contributed by atoms with E-state index in [2.05, 4.69) is 10.2 Å². The van der Waals surface area contributed by atoms with E-state index in [0.29, 0.717) is 0 Å². The molecule has 5 N–H and O–H groups in total. The number of hydrogen-bond acceptors (Lipinski definition) is 3. The van der Waals surface area contributed by atoms with Crippen LogP contribution in [0.2, 0.25) is 0 Å². The number of aromatic hydroxyl groups is 1. The molecule has 0 heterocycles. The van der Waals surface area contributed by atoms with Gasteiger partial charge in [-0.2, -0.15) is 5.10 Å². The summed E-state index contributed by atoms with van der Waals surface area (Å²) < 4.78 is 1.51. The monoisotopic (exact) mass is 430 g/mol. The number of hydrogen-bond donors (Lipinski definition) is 3. The molecule has 1 aromatic carbocycles. The first kappa shape index (κ1) is 12.5. The Bertz CT molecular complexity index is 404. The summed E-state index contributed by atoms with van der Waals surface area (Å²) in [6.45, 7) is 0. The number of guanidine groups is 1. The number of rotatable bonds is 2. The van der Waals surface area contributed by atoms with Gasteiger partial charge in [0.15, 0.2) is 0 Å². The van der Waals surface area contributed by atoms with Gasteiger partial charge in [0.2, 0.25) is 5.96 Å². The fourth-order valence-electron chi connectivity index (χ4n) is 0.822. The third kappa shape index (κ3) is 3.81. The SMILES string of the molecule is NC(N)=NN=Cc1cc(I)c(O)c(I)c1. The molecule has 0 aromatic heterocycles. The van der Waals surface area contributed by atoms with Crippen molar-refractivity contribution in [1.29, 1.82) is 0 Å². The molecule has 0 saturated carbocycles. The van der Waals surface area contributed by atoms with Crippen molar-refractivity contribution in [3.8, 4) is 5.75 Å². The van der Waals surface area contributed by atoms with E-state index in [1.54, 1.807) is 12.1 Å². The quantitative estimate of drug-likeness (QED) is 0.285. The van der Waals surface area contributed by atoms with Crippen molar-refractivity contribution < 1.29 is 5.11 Å². The Hall–Kier alpha value is -0.580. The smallest absolute Gasteiger partial charge is 0.211 e. The van der Waals surface area contributed by atoms with Crippen molar-refractivity contribution in [3.05, 3.63) is 24.8 Å². The number of phenolic OH excluding ortho intramolecular Hbond substituents is 1. The highest BCUT2D eigenvalue weighted by Gasteiger charge is 2.03. The molecule has 1 aromatic rings. The zero-order valence-corrected chi connectivity index (χ0v) is 11.8. The molecule has 0 unspecified atom stereocenters. The summed E-state index contributed by atoms with van der Waals surface area (Å²) in [5.74, 6) is 0.185. The number of benzene rings is 1. The van der Waals surface area contributed by atoms with E-state index in [4.69, 9.17) is 11.5 Å². The highest BCUT2D eigenvalue weighted by molar-refractivity contribution is 14.1. The van der Waals surface area contributed by atoms with E-state index in [0.717, 1.165) is 12.7 Å². The zero-order chi connectivity index (χ0) is 11.4. The van der Waals surface area contributed by atoms with Crippen LogP contribution in [0.25, 0.3) is 0 Å². The van der Waals surface area contributed by atoms with Gasteiger partial charge in [-0.25, -0.2) is 0 Å². The summed E-state index contributed by atoms with van der Waals surface area (Å²) >= 11 is 4.08. The molecule has 5 nitrogen and oxygen atoms in total. The lowest BCUT2D eigenvalue weighted by Crippen LogP contribution is -2.21. The van der Waals surface area contributed by atoms with E-state index in [1.807, 2.05) is 45.2 Å². The van der Waals surface area contributed by atoms with Crippen molar-refractivity contribution in [1.82, 2.24) is 0 Å². The first-order valence-corrected chi connectivity index (χ1v) is 5.96. The van der Waals surface area contributed by atoms with Crippen molar-refractivity contribution >= 4 is 57.4 Å². The van der Waals surface area contributed by atoms with Crippen LogP contribution in [0.1, 0.15) is 5.56 Å². The molecular weight excluding hydrogens is 422 g/mol. The third-order valence-electron chi connectivity index (χ3n) is 1.42. The lowest BCUT2D eigenvalue weighted by Gasteiger charge is -2.01. The lowest BCUT2D eigenvalue weighted by atomic mass is 10.2. The second-order valence-corrected chi connectivity index (χ2v) is 4.93. The molecule has 0 atom stereocenters. The average molecular weight is 430 g/mol. The van der Waals surface area contributed by atoms with Crippen LogP contribution in [-0.4, -0.2) is 17.3 Å². The molecule has 0 amide bonds. The molecular formula is C8H8I2N4O. The van der Waals surface area contributed by atoms with E-state index in [-0.39, 0.29) is 11.7 Å². The molecule has 0 bridgehead atoms. The Kier molecular flexibility index (Phi) is 4.57. The van der Waals surface area contributed by atoms with E-state index in [9.17, 15) is 5.11 Å². The maximum absolute atomic E-state index is 9.52. The first-order valence-electron chi connectivity index (χ1n) is 3.80. The first-order chi connectivity index (χ1) is 7.00. The summed E-state index contributed by atoms with van der Waals surface area (Å²) in [4.78, 5) is 0. The number of phenols is 1.